The summed E-state index contributed by atoms with van der Waals surface area (Å²) in [4.78, 5) is 10.0. The summed E-state index contributed by atoms with van der Waals surface area (Å²) in [7, 11) is 0. The molecule has 1 nitrogen and oxygen atoms in total. The molecule has 0 unspecified atom stereocenters. The molecule has 0 aliphatic heterocycles. The molecule has 0 bridgehead atoms. The summed E-state index contributed by atoms with van der Waals surface area (Å²) >= 11 is 0. The Bertz CT molecular complexity index is 179. The number of hydrogen-bond acceptors (Lipinski definition) is 1. The number of hydrogen-bond donors (Lipinski definition) is 0. The van der Waals surface area contributed by atoms with E-state index in [4.69, 9.17) is 0 Å². The Morgan fingerprint density at radius 3 is 2.11 bits per heavy atom. The maximum absolute atomic E-state index is 10.0. The van der Waals surface area contributed by atoms with Crippen LogP contribution < -0.4 is 0 Å². The quantitative estimate of drug-likeness (QED) is 0.539. The molecule has 0 aliphatic rings. The van der Waals surface area contributed by atoms with E-state index in [0.717, 1.165) is 11.8 Å². The molecule has 0 atom stereocenters. The predicted molar refractivity (Wildman–Crippen MR) is 39.8 cm³/mol. The van der Waals surface area contributed by atoms with Gasteiger partial charge in [0.05, 0.1) is 0 Å². The van der Waals surface area contributed by atoms with Gasteiger partial charge in [-0.1, -0.05) is 30.3 Å². The molecule has 1 aromatic rings. The largest absolute Gasteiger partial charge is 2.00 e. The Morgan fingerprint density at radius 1 is 1.22 bits per heavy atom. The van der Waals surface area contributed by atoms with Crippen LogP contribution in [0.3, 0.4) is 0 Å². The Morgan fingerprint density at radius 2 is 1.78 bits per heavy atom. The zero-order chi connectivity index (χ0) is 5.82. The van der Waals surface area contributed by atoms with Gasteiger partial charge in [-0.05, 0) is 0 Å². The first kappa shape index (κ1) is 9.46. The number of carbonyl (C=O) groups is 1. The van der Waals surface area contributed by atoms with Crippen molar-refractivity contribution < 1.29 is 7.65 Å². The van der Waals surface area contributed by atoms with Crippen molar-refractivity contribution >= 4 is 55.2 Å². The third-order valence-electron chi connectivity index (χ3n) is 0.936. The standard InChI is InChI=1S/C7H6O.Ba.2H/c8-6-7-4-2-1-3-5-7;;;/h1-6H;;;/q;+2;2*-1. The van der Waals surface area contributed by atoms with Crippen LogP contribution >= 0.6 is 0 Å². The van der Waals surface area contributed by atoms with Crippen LogP contribution in [0.25, 0.3) is 0 Å². The van der Waals surface area contributed by atoms with Gasteiger partial charge in [0.2, 0.25) is 0 Å². The van der Waals surface area contributed by atoms with Gasteiger partial charge in [0.1, 0.15) is 6.29 Å². The van der Waals surface area contributed by atoms with Gasteiger partial charge in [-0.25, -0.2) is 0 Å². The van der Waals surface area contributed by atoms with Crippen LogP contribution in [-0.4, -0.2) is 55.2 Å². The fraction of sp³-hybridized carbons (Fsp3) is 0. The van der Waals surface area contributed by atoms with Crippen LogP contribution in [0, 0.1) is 0 Å². The number of aldehydes is 1. The first-order valence-electron chi connectivity index (χ1n) is 2.44. The Balaban J connectivity index is -0.000000213. The molecule has 1 aromatic carbocycles. The SMILES string of the molecule is O=Cc1ccccc1.[Ba+2].[H-].[H-]. The minimum absolute atomic E-state index is 0. The van der Waals surface area contributed by atoms with Gasteiger partial charge < -0.3 is 2.85 Å². The number of rotatable bonds is 1. The van der Waals surface area contributed by atoms with Crippen molar-refractivity contribution in [2.45, 2.75) is 0 Å². The molecular formula is C7H8BaO. The van der Waals surface area contributed by atoms with Crippen molar-refractivity contribution in [1.82, 2.24) is 0 Å². The van der Waals surface area contributed by atoms with Crippen LogP contribution in [0.15, 0.2) is 30.3 Å². The second-order valence-corrected chi connectivity index (χ2v) is 1.53. The monoisotopic (exact) mass is 246 g/mol. The van der Waals surface area contributed by atoms with Gasteiger partial charge >= 0.3 is 48.9 Å². The van der Waals surface area contributed by atoms with Crippen molar-refractivity contribution in [1.29, 1.82) is 0 Å². The van der Waals surface area contributed by atoms with Crippen molar-refractivity contribution in [3.63, 3.8) is 0 Å². The molecule has 0 aromatic heterocycles. The van der Waals surface area contributed by atoms with E-state index in [1.807, 2.05) is 18.2 Å². The first-order chi connectivity index (χ1) is 3.93. The Labute approximate surface area is 97.5 Å². The molecule has 0 saturated carbocycles. The third-order valence-corrected chi connectivity index (χ3v) is 0.936. The Kier molecular flexibility index (Phi) is 5.53. The van der Waals surface area contributed by atoms with Crippen molar-refractivity contribution in [3.8, 4) is 0 Å². The zero-order valence-electron chi connectivity index (χ0n) is 7.08. The third kappa shape index (κ3) is 3.23. The van der Waals surface area contributed by atoms with Gasteiger partial charge in [-0.2, -0.15) is 0 Å². The topological polar surface area (TPSA) is 17.1 Å². The van der Waals surface area contributed by atoms with Gasteiger partial charge in [0.15, 0.2) is 0 Å². The van der Waals surface area contributed by atoms with Crippen LogP contribution in [0.2, 0.25) is 0 Å². The molecule has 0 amide bonds. The summed E-state index contributed by atoms with van der Waals surface area (Å²) in [5.41, 5.74) is 0.729. The minimum atomic E-state index is 0. The van der Waals surface area contributed by atoms with E-state index in [9.17, 15) is 4.79 Å². The molecule has 0 aliphatic carbocycles. The number of carbonyl (C=O) groups excluding carboxylic acids is 1. The van der Waals surface area contributed by atoms with Crippen LogP contribution in [0.4, 0.5) is 0 Å². The summed E-state index contributed by atoms with van der Waals surface area (Å²) in [6.07, 6.45) is 0.833. The minimum Gasteiger partial charge on any atom is -1.00 e. The smallest absolute Gasteiger partial charge is 1.00 e. The van der Waals surface area contributed by atoms with Crippen molar-refractivity contribution in [2.75, 3.05) is 0 Å². The van der Waals surface area contributed by atoms with Gasteiger partial charge in [-0.15, -0.1) is 0 Å². The van der Waals surface area contributed by atoms with Crippen LogP contribution in [0.1, 0.15) is 13.2 Å². The van der Waals surface area contributed by atoms with Crippen molar-refractivity contribution in [2.24, 2.45) is 0 Å². The van der Waals surface area contributed by atoms with Gasteiger partial charge in [0, 0.05) is 5.56 Å². The summed E-state index contributed by atoms with van der Waals surface area (Å²) in [6, 6.07) is 9.10. The molecule has 0 heterocycles. The fourth-order valence-electron chi connectivity index (χ4n) is 0.532. The predicted octanol–water partition coefficient (Wildman–Crippen LogP) is 1.34. The molecule has 0 N–H and O–H groups in total. The molecule has 0 spiro atoms. The summed E-state index contributed by atoms with van der Waals surface area (Å²) in [6.45, 7) is 0. The maximum Gasteiger partial charge on any atom is 2.00 e. The van der Waals surface area contributed by atoms with Crippen LogP contribution in [-0.2, 0) is 0 Å². The molecule has 0 saturated heterocycles. The molecule has 1 rings (SSSR count). The molecule has 0 radical (unpaired) electrons. The van der Waals surface area contributed by atoms with Gasteiger partial charge in [-0.3, -0.25) is 4.79 Å². The van der Waals surface area contributed by atoms with E-state index in [1.165, 1.54) is 0 Å². The van der Waals surface area contributed by atoms with E-state index >= 15 is 0 Å². The maximum atomic E-state index is 10.0. The van der Waals surface area contributed by atoms with Crippen molar-refractivity contribution in [3.05, 3.63) is 35.9 Å². The second-order valence-electron chi connectivity index (χ2n) is 1.53. The fourth-order valence-corrected chi connectivity index (χ4v) is 0.532. The molecule has 0 fully saturated rings. The normalized spacial score (nSPS) is 7.56. The molecule has 9 heavy (non-hydrogen) atoms. The first-order valence-corrected chi connectivity index (χ1v) is 2.44. The second kappa shape index (κ2) is 5.26. The van der Waals surface area contributed by atoms with E-state index in [1.54, 1.807) is 12.1 Å². The average molecular weight is 245 g/mol. The summed E-state index contributed by atoms with van der Waals surface area (Å²) in [5, 5.41) is 0. The van der Waals surface area contributed by atoms with E-state index in [0.29, 0.717) is 0 Å². The molecule has 44 valence electrons. The van der Waals surface area contributed by atoms with Gasteiger partial charge in [0.25, 0.3) is 0 Å². The summed E-state index contributed by atoms with van der Waals surface area (Å²) in [5.74, 6) is 0. The molecular weight excluding hydrogens is 237 g/mol. The number of benzene rings is 1. The summed E-state index contributed by atoms with van der Waals surface area (Å²) < 4.78 is 0. The van der Waals surface area contributed by atoms with E-state index < -0.39 is 0 Å². The van der Waals surface area contributed by atoms with E-state index in [2.05, 4.69) is 0 Å². The molecule has 2 heteroatoms. The average Bonchev–Trinajstić information content (AvgIpc) is 1.90. The Hall–Kier alpha value is 0.461. The van der Waals surface area contributed by atoms with E-state index in [-0.39, 0.29) is 51.7 Å². The van der Waals surface area contributed by atoms with Crippen LogP contribution in [0.5, 0.6) is 0 Å². The zero-order valence-corrected chi connectivity index (χ0v) is 9.52.